The molecular formula is C21H25F2N5O. The maximum atomic E-state index is 13.5. The highest BCUT2D eigenvalue weighted by Crippen LogP contribution is 2.42. The molecule has 0 bridgehead atoms. The topological polar surface area (TPSA) is 75.9 Å². The number of halogens is 2. The second-order valence-corrected chi connectivity index (χ2v) is 7.89. The lowest BCUT2D eigenvalue weighted by molar-refractivity contribution is -0.0446. The van der Waals surface area contributed by atoms with E-state index in [1.165, 1.54) is 6.20 Å². The van der Waals surface area contributed by atoms with E-state index in [9.17, 15) is 13.6 Å². The van der Waals surface area contributed by atoms with Crippen LogP contribution in [0.1, 0.15) is 56.3 Å². The highest BCUT2D eigenvalue weighted by Gasteiger charge is 2.37. The largest absolute Gasteiger partial charge is 0.310 e. The van der Waals surface area contributed by atoms with Crippen molar-refractivity contribution in [3.05, 3.63) is 46.7 Å². The van der Waals surface area contributed by atoms with Crippen LogP contribution in [0.5, 0.6) is 0 Å². The number of hydrogen-bond acceptors (Lipinski definition) is 4. The van der Waals surface area contributed by atoms with Crippen molar-refractivity contribution >= 4 is 17.2 Å². The van der Waals surface area contributed by atoms with Crippen molar-refractivity contribution in [2.75, 3.05) is 7.05 Å². The molecule has 8 heteroatoms. The van der Waals surface area contributed by atoms with Crippen molar-refractivity contribution in [1.82, 2.24) is 19.7 Å². The average Bonchev–Trinajstić information content (AvgIpc) is 3.08. The predicted octanol–water partition coefficient (Wildman–Crippen LogP) is 4.18. The normalized spacial score (nSPS) is 25.5. The molecule has 2 aromatic rings. The highest BCUT2D eigenvalue weighted by atomic mass is 19.3. The van der Waals surface area contributed by atoms with Crippen molar-refractivity contribution in [3.63, 3.8) is 0 Å². The van der Waals surface area contributed by atoms with Gasteiger partial charge in [-0.05, 0) is 37.7 Å². The Balaban J connectivity index is 1.58. The molecule has 0 unspecified atom stereocenters. The maximum Gasteiger partial charge on any atom is 0.262 e. The lowest BCUT2D eigenvalue weighted by Crippen LogP contribution is -2.28. The third-order valence-electron chi connectivity index (χ3n) is 6.01. The van der Waals surface area contributed by atoms with Gasteiger partial charge in [0.05, 0.1) is 12.2 Å². The second kappa shape index (κ2) is 8.00. The zero-order chi connectivity index (χ0) is 20.4. The molecule has 0 spiro atoms. The Morgan fingerprint density at radius 3 is 2.69 bits per heavy atom. The van der Waals surface area contributed by atoms with Crippen LogP contribution in [0.25, 0.3) is 11.0 Å². The number of alkyl halides is 2. The fourth-order valence-corrected chi connectivity index (χ4v) is 4.17. The number of H-pyrrole nitrogens is 1. The first kappa shape index (κ1) is 19.7. The molecular weight excluding hydrogens is 376 g/mol. The van der Waals surface area contributed by atoms with Gasteiger partial charge in [-0.3, -0.25) is 9.79 Å². The predicted molar refractivity (Wildman–Crippen MR) is 109 cm³/mol. The van der Waals surface area contributed by atoms with Crippen molar-refractivity contribution in [3.8, 4) is 0 Å². The monoisotopic (exact) mass is 401 g/mol. The first-order chi connectivity index (χ1) is 14.0. The van der Waals surface area contributed by atoms with Gasteiger partial charge in [0.2, 0.25) is 5.92 Å². The third-order valence-corrected chi connectivity index (χ3v) is 6.01. The summed E-state index contributed by atoms with van der Waals surface area (Å²) in [5, 5.41) is 4.74. The SMILES string of the molecule is CN=C/C=C\C=C\[C@@H]1CC[C@H]1c1nc2c(cnn2C2CCC(F)(F)CC2)c(=O)[nH]1. The van der Waals surface area contributed by atoms with Crippen LogP contribution in [0.15, 0.2) is 40.3 Å². The van der Waals surface area contributed by atoms with E-state index < -0.39 is 5.92 Å². The van der Waals surface area contributed by atoms with Gasteiger partial charge in [0.25, 0.3) is 5.56 Å². The van der Waals surface area contributed by atoms with Crippen LogP contribution in [0.4, 0.5) is 8.78 Å². The summed E-state index contributed by atoms with van der Waals surface area (Å²) in [7, 11) is 1.72. The first-order valence-electron chi connectivity index (χ1n) is 10.1. The van der Waals surface area contributed by atoms with Crippen molar-refractivity contribution < 1.29 is 8.78 Å². The minimum absolute atomic E-state index is 0.142. The quantitative estimate of drug-likeness (QED) is 0.603. The summed E-state index contributed by atoms with van der Waals surface area (Å²) >= 11 is 0. The summed E-state index contributed by atoms with van der Waals surface area (Å²) in [5.41, 5.74) is 0.290. The van der Waals surface area contributed by atoms with E-state index >= 15 is 0 Å². The zero-order valence-electron chi connectivity index (χ0n) is 16.4. The van der Waals surface area contributed by atoms with Crippen molar-refractivity contribution in [2.24, 2.45) is 10.9 Å². The number of nitrogens with one attached hydrogen (secondary N) is 1. The lowest BCUT2D eigenvalue weighted by Gasteiger charge is -2.33. The molecule has 2 saturated carbocycles. The number of aromatic nitrogens is 4. The van der Waals surface area contributed by atoms with E-state index in [0.717, 1.165) is 12.8 Å². The molecule has 2 heterocycles. The fraction of sp³-hybridized carbons (Fsp3) is 0.524. The van der Waals surface area contributed by atoms with E-state index in [1.54, 1.807) is 17.9 Å². The molecule has 0 aliphatic heterocycles. The minimum Gasteiger partial charge on any atom is -0.310 e. The van der Waals surface area contributed by atoms with E-state index in [2.05, 4.69) is 21.2 Å². The van der Waals surface area contributed by atoms with E-state index in [1.807, 2.05) is 18.2 Å². The summed E-state index contributed by atoms with van der Waals surface area (Å²) in [6.45, 7) is 0. The Hall–Kier alpha value is -2.64. The fourth-order valence-electron chi connectivity index (χ4n) is 4.17. The minimum atomic E-state index is -2.60. The summed E-state index contributed by atoms with van der Waals surface area (Å²) < 4.78 is 28.7. The molecule has 0 radical (unpaired) electrons. The van der Waals surface area contributed by atoms with Crippen LogP contribution < -0.4 is 5.56 Å². The van der Waals surface area contributed by atoms with Crippen LogP contribution in [-0.2, 0) is 0 Å². The molecule has 1 N–H and O–H groups in total. The molecule has 2 aliphatic carbocycles. The standard InChI is InChI=1S/C21H25F2N5O/c1-24-12-4-2-3-5-14-6-7-16(14)18-26-19-17(20(29)27-18)13-25-28(19)15-8-10-21(22,23)11-9-15/h2-5,12-16H,6-11H2,1H3,(H,26,27,29)/b4-2-,5-3+,24-12?/t14-,16-/m1/s1. The zero-order valence-corrected chi connectivity index (χ0v) is 16.4. The molecule has 2 aromatic heterocycles. The maximum absolute atomic E-state index is 13.5. The average molecular weight is 401 g/mol. The van der Waals surface area contributed by atoms with Crippen LogP contribution >= 0.6 is 0 Å². The molecule has 29 heavy (non-hydrogen) atoms. The number of fused-ring (bicyclic) bond motifs is 1. The van der Waals surface area contributed by atoms with Crippen molar-refractivity contribution in [1.29, 1.82) is 0 Å². The van der Waals surface area contributed by atoms with E-state index in [0.29, 0.717) is 35.6 Å². The second-order valence-electron chi connectivity index (χ2n) is 7.89. The van der Waals surface area contributed by atoms with Gasteiger partial charge in [-0.25, -0.2) is 18.4 Å². The van der Waals surface area contributed by atoms with Crippen LogP contribution in [0, 0.1) is 5.92 Å². The molecule has 6 nitrogen and oxygen atoms in total. The number of aromatic amines is 1. The van der Waals surface area contributed by atoms with Gasteiger partial charge < -0.3 is 4.98 Å². The Morgan fingerprint density at radius 2 is 2.00 bits per heavy atom. The number of aliphatic imine (C=N–C) groups is 1. The Bertz CT molecular complexity index is 1010. The van der Waals surface area contributed by atoms with Gasteiger partial charge in [0.15, 0.2) is 5.65 Å². The molecule has 0 amide bonds. The Kier molecular flexibility index (Phi) is 5.43. The number of nitrogens with zero attached hydrogens (tertiary/aromatic N) is 4. The summed E-state index contributed by atoms with van der Waals surface area (Å²) in [5.74, 6) is -1.48. The van der Waals surface area contributed by atoms with Gasteiger partial charge in [-0.15, -0.1) is 0 Å². The highest BCUT2D eigenvalue weighted by molar-refractivity contribution is 5.73. The van der Waals surface area contributed by atoms with Crippen LogP contribution in [0.3, 0.4) is 0 Å². The molecule has 0 saturated heterocycles. The van der Waals surface area contributed by atoms with Gasteiger partial charge in [-0.2, -0.15) is 5.10 Å². The summed E-state index contributed by atoms with van der Waals surface area (Å²) in [4.78, 5) is 24.1. The Morgan fingerprint density at radius 1 is 1.21 bits per heavy atom. The molecule has 4 rings (SSSR count). The van der Waals surface area contributed by atoms with Gasteiger partial charge in [0, 0.05) is 32.0 Å². The van der Waals surface area contributed by atoms with Gasteiger partial charge in [-0.1, -0.05) is 18.2 Å². The number of rotatable bonds is 5. The van der Waals surface area contributed by atoms with Crippen molar-refractivity contribution in [2.45, 2.75) is 56.4 Å². The molecule has 2 atom stereocenters. The summed E-state index contributed by atoms with van der Waals surface area (Å²) in [6, 6.07) is -0.142. The third kappa shape index (κ3) is 4.06. The first-order valence-corrected chi connectivity index (χ1v) is 10.1. The lowest BCUT2D eigenvalue weighted by atomic mass is 9.73. The molecule has 2 fully saturated rings. The summed E-state index contributed by atoms with van der Waals surface area (Å²) in [6.07, 6.45) is 13.5. The number of hydrogen-bond donors (Lipinski definition) is 1. The van der Waals surface area contributed by atoms with E-state index in [4.69, 9.17) is 4.98 Å². The smallest absolute Gasteiger partial charge is 0.262 e. The number of allylic oxidation sites excluding steroid dienone is 4. The van der Waals surface area contributed by atoms with Crippen LogP contribution in [0.2, 0.25) is 0 Å². The van der Waals surface area contributed by atoms with Crippen LogP contribution in [-0.4, -0.2) is 38.9 Å². The molecule has 154 valence electrons. The Labute approximate surface area is 167 Å². The molecule has 0 aromatic carbocycles. The van der Waals surface area contributed by atoms with Gasteiger partial charge in [0.1, 0.15) is 11.2 Å². The van der Waals surface area contributed by atoms with E-state index in [-0.39, 0.29) is 30.4 Å². The van der Waals surface area contributed by atoms with Gasteiger partial charge >= 0.3 is 0 Å². The molecule has 2 aliphatic rings.